The lowest BCUT2D eigenvalue weighted by Crippen LogP contribution is -2.47. The molecule has 0 spiro atoms. The average Bonchev–Trinajstić information content (AvgIpc) is 2.84. The first kappa shape index (κ1) is 13.9. The molecule has 106 valence electrons. The highest BCUT2D eigenvalue weighted by atomic mass is 16.3. The minimum absolute atomic E-state index is 0.0223. The first-order valence-corrected chi connectivity index (χ1v) is 6.86. The summed E-state index contributed by atoms with van der Waals surface area (Å²) in [5, 5.41) is 19.4. The van der Waals surface area contributed by atoms with Crippen molar-refractivity contribution in [2.75, 3.05) is 0 Å². The van der Waals surface area contributed by atoms with Gasteiger partial charge >= 0.3 is 6.03 Å². The van der Waals surface area contributed by atoms with Gasteiger partial charge in [0.2, 0.25) is 0 Å². The van der Waals surface area contributed by atoms with Crippen molar-refractivity contribution in [2.45, 2.75) is 57.3 Å². The van der Waals surface area contributed by atoms with Gasteiger partial charge in [0.25, 0.3) is 0 Å². The van der Waals surface area contributed by atoms with Gasteiger partial charge < -0.3 is 15.7 Å². The number of nitrogens with one attached hydrogen (secondary N) is 2. The van der Waals surface area contributed by atoms with Crippen molar-refractivity contribution in [1.82, 2.24) is 20.4 Å². The van der Waals surface area contributed by atoms with Crippen LogP contribution in [0, 0.1) is 0 Å². The van der Waals surface area contributed by atoms with Crippen LogP contribution >= 0.6 is 0 Å². The van der Waals surface area contributed by atoms with Gasteiger partial charge in [0, 0.05) is 24.5 Å². The molecule has 6 heteroatoms. The van der Waals surface area contributed by atoms with E-state index >= 15 is 0 Å². The minimum atomic E-state index is -0.195. The zero-order chi connectivity index (χ0) is 13.7. The van der Waals surface area contributed by atoms with Crippen LogP contribution in [-0.2, 0) is 6.54 Å². The number of aromatic nitrogens is 2. The Morgan fingerprint density at radius 1 is 1.47 bits per heavy atom. The third-order valence-corrected chi connectivity index (χ3v) is 3.43. The van der Waals surface area contributed by atoms with Gasteiger partial charge in [-0.3, -0.25) is 4.68 Å². The second-order valence-corrected chi connectivity index (χ2v) is 5.25. The van der Waals surface area contributed by atoms with Gasteiger partial charge in [-0.05, 0) is 38.7 Å². The van der Waals surface area contributed by atoms with Crippen LogP contribution in [-0.4, -0.2) is 39.1 Å². The number of amides is 2. The van der Waals surface area contributed by atoms with E-state index in [1.807, 2.05) is 19.2 Å². The van der Waals surface area contributed by atoms with Crippen LogP contribution in [0.4, 0.5) is 4.79 Å². The number of hydrogen-bond donors (Lipinski definition) is 3. The molecule has 0 bridgehead atoms. The molecule has 1 atom stereocenters. The van der Waals surface area contributed by atoms with Crippen molar-refractivity contribution >= 4 is 6.03 Å². The SMILES string of the molecule is CC(Cn1cccn1)NC(=O)NC1CCC(O)CC1. The van der Waals surface area contributed by atoms with E-state index in [4.69, 9.17) is 0 Å². The second-order valence-electron chi connectivity index (χ2n) is 5.25. The molecule has 1 fully saturated rings. The Balaban J connectivity index is 1.69. The molecule has 2 rings (SSSR count). The van der Waals surface area contributed by atoms with E-state index in [1.165, 1.54) is 0 Å². The smallest absolute Gasteiger partial charge is 0.315 e. The maximum Gasteiger partial charge on any atom is 0.315 e. The van der Waals surface area contributed by atoms with Crippen molar-refractivity contribution in [2.24, 2.45) is 0 Å². The molecule has 1 saturated carbocycles. The summed E-state index contributed by atoms with van der Waals surface area (Å²) in [6.07, 6.45) is 6.64. The van der Waals surface area contributed by atoms with Crippen molar-refractivity contribution < 1.29 is 9.90 Å². The van der Waals surface area contributed by atoms with E-state index in [0.717, 1.165) is 25.7 Å². The molecule has 1 unspecified atom stereocenters. The number of carbonyl (C=O) groups is 1. The number of aliphatic hydroxyl groups is 1. The van der Waals surface area contributed by atoms with Crippen LogP contribution in [0.2, 0.25) is 0 Å². The minimum Gasteiger partial charge on any atom is -0.393 e. The van der Waals surface area contributed by atoms with E-state index in [9.17, 15) is 9.90 Å². The summed E-state index contributed by atoms with van der Waals surface area (Å²) in [6.45, 7) is 2.61. The quantitative estimate of drug-likeness (QED) is 0.756. The molecule has 3 N–H and O–H groups in total. The van der Waals surface area contributed by atoms with Gasteiger partial charge in [-0.25, -0.2) is 4.79 Å². The maximum absolute atomic E-state index is 11.8. The fourth-order valence-corrected chi connectivity index (χ4v) is 2.41. The first-order chi connectivity index (χ1) is 9.13. The molecule has 1 heterocycles. The van der Waals surface area contributed by atoms with Gasteiger partial charge in [-0.15, -0.1) is 0 Å². The lowest BCUT2D eigenvalue weighted by atomic mass is 9.93. The van der Waals surface area contributed by atoms with Crippen LogP contribution in [0.25, 0.3) is 0 Å². The lowest BCUT2D eigenvalue weighted by Gasteiger charge is -2.27. The van der Waals surface area contributed by atoms with Crippen LogP contribution in [0.15, 0.2) is 18.5 Å². The maximum atomic E-state index is 11.8. The number of urea groups is 1. The zero-order valence-corrected chi connectivity index (χ0v) is 11.2. The third-order valence-electron chi connectivity index (χ3n) is 3.43. The van der Waals surface area contributed by atoms with Crippen molar-refractivity contribution in [3.8, 4) is 0 Å². The molecule has 6 nitrogen and oxygen atoms in total. The summed E-state index contributed by atoms with van der Waals surface area (Å²) < 4.78 is 1.79. The van der Waals surface area contributed by atoms with Crippen LogP contribution in [0.3, 0.4) is 0 Å². The van der Waals surface area contributed by atoms with E-state index in [1.54, 1.807) is 10.9 Å². The van der Waals surface area contributed by atoms with Crippen LogP contribution in [0.5, 0.6) is 0 Å². The monoisotopic (exact) mass is 266 g/mol. The summed E-state index contributed by atoms with van der Waals surface area (Å²) in [4.78, 5) is 11.8. The summed E-state index contributed by atoms with van der Waals surface area (Å²) >= 11 is 0. The fraction of sp³-hybridized carbons (Fsp3) is 0.692. The highest BCUT2D eigenvalue weighted by Gasteiger charge is 2.21. The molecule has 0 aromatic carbocycles. The number of hydrogen-bond acceptors (Lipinski definition) is 3. The molecule has 1 aromatic heterocycles. The van der Waals surface area contributed by atoms with Crippen molar-refractivity contribution in [1.29, 1.82) is 0 Å². The summed E-state index contributed by atoms with van der Waals surface area (Å²) in [7, 11) is 0. The van der Waals surface area contributed by atoms with Gasteiger partial charge in [0.05, 0.1) is 12.6 Å². The summed E-state index contributed by atoms with van der Waals surface area (Å²) in [5.74, 6) is 0. The van der Waals surface area contributed by atoms with Gasteiger partial charge in [-0.2, -0.15) is 5.10 Å². The molecule has 0 radical (unpaired) electrons. The number of aliphatic hydroxyl groups excluding tert-OH is 1. The average molecular weight is 266 g/mol. The van der Waals surface area contributed by atoms with Crippen molar-refractivity contribution in [3.05, 3.63) is 18.5 Å². The highest BCUT2D eigenvalue weighted by Crippen LogP contribution is 2.18. The van der Waals surface area contributed by atoms with E-state index in [0.29, 0.717) is 6.54 Å². The molecule has 2 amide bonds. The molecule has 0 aliphatic heterocycles. The summed E-state index contributed by atoms with van der Waals surface area (Å²) in [6, 6.07) is 1.93. The Labute approximate surface area is 113 Å². The molecule has 1 aromatic rings. The molecule has 19 heavy (non-hydrogen) atoms. The number of nitrogens with zero attached hydrogens (tertiary/aromatic N) is 2. The Hall–Kier alpha value is -1.56. The van der Waals surface area contributed by atoms with E-state index < -0.39 is 0 Å². The Morgan fingerprint density at radius 2 is 2.21 bits per heavy atom. The van der Waals surface area contributed by atoms with Crippen LogP contribution in [0.1, 0.15) is 32.6 Å². The molecular formula is C13H22N4O2. The zero-order valence-electron chi connectivity index (χ0n) is 11.2. The van der Waals surface area contributed by atoms with E-state index in [2.05, 4.69) is 15.7 Å². The molecule has 1 aliphatic carbocycles. The predicted molar refractivity (Wildman–Crippen MR) is 71.6 cm³/mol. The lowest BCUT2D eigenvalue weighted by molar-refractivity contribution is 0.117. The molecular weight excluding hydrogens is 244 g/mol. The van der Waals surface area contributed by atoms with E-state index in [-0.39, 0.29) is 24.2 Å². The Bertz CT molecular complexity index is 385. The predicted octanol–water partition coefficient (Wildman–Crippen LogP) is 0.874. The first-order valence-electron chi connectivity index (χ1n) is 6.86. The topological polar surface area (TPSA) is 79.2 Å². The van der Waals surface area contributed by atoms with Crippen molar-refractivity contribution in [3.63, 3.8) is 0 Å². The van der Waals surface area contributed by atoms with Gasteiger partial charge in [-0.1, -0.05) is 0 Å². The Kier molecular flexibility index (Phi) is 4.79. The number of carbonyl (C=O) groups excluding carboxylic acids is 1. The highest BCUT2D eigenvalue weighted by molar-refractivity contribution is 5.74. The van der Waals surface area contributed by atoms with Crippen LogP contribution < -0.4 is 10.6 Å². The second kappa shape index (κ2) is 6.56. The van der Waals surface area contributed by atoms with Gasteiger partial charge in [0.1, 0.15) is 0 Å². The fourth-order valence-electron chi connectivity index (χ4n) is 2.41. The normalized spacial score (nSPS) is 24.7. The Morgan fingerprint density at radius 3 is 2.84 bits per heavy atom. The molecule has 0 saturated heterocycles. The largest absolute Gasteiger partial charge is 0.393 e. The molecule has 1 aliphatic rings. The number of rotatable bonds is 4. The summed E-state index contributed by atoms with van der Waals surface area (Å²) in [5.41, 5.74) is 0. The standard InChI is InChI=1S/C13H22N4O2/c1-10(9-17-8-2-7-14-17)15-13(19)16-11-3-5-12(18)6-4-11/h2,7-8,10-12,18H,3-6,9H2,1H3,(H2,15,16,19). The third kappa shape index (κ3) is 4.55. The van der Waals surface area contributed by atoms with Gasteiger partial charge in [0.15, 0.2) is 0 Å².